The molecule has 7 heteroatoms. The highest BCUT2D eigenvalue weighted by Crippen LogP contribution is 2.33. The van der Waals surface area contributed by atoms with Crippen LogP contribution >= 0.6 is 0 Å². The van der Waals surface area contributed by atoms with Crippen molar-refractivity contribution in [3.8, 4) is 11.4 Å². The number of ether oxygens (including phenoxy) is 1. The highest BCUT2D eigenvalue weighted by Gasteiger charge is 2.21. The minimum Gasteiger partial charge on any atom is -0.486 e. The van der Waals surface area contributed by atoms with Crippen LogP contribution in [-0.4, -0.2) is 21.3 Å². The molecule has 1 amide bonds. The van der Waals surface area contributed by atoms with Gasteiger partial charge in [0, 0.05) is 40.1 Å². The number of aryl methyl sites for hydroxylation is 3. The van der Waals surface area contributed by atoms with Crippen molar-refractivity contribution in [2.75, 3.05) is 0 Å². The summed E-state index contributed by atoms with van der Waals surface area (Å²) < 4.78 is 16.1. The fraction of sp³-hybridized carbons (Fsp3) is 0.333. The Morgan fingerprint density at radius 3 is 2.41 bits per heavy atom. The number of hydrazone groups is 1. The molecule has 3 aromatic heterocycles. The molecule has 5 rings (SSSR count). The molecule has 4 aromatic rings. The first-order valence-electron chi connectivity index (χ1n) is 12.9. The number of furan rings is 1. The predicted molar refractivity (Wildman–Crippen MR) is 145 cm³/mol. The molecule has 0 unspecified atom stereocenters. The van der Waals surface area contributed by atoms with Gasteiger partial charge in [-0.3, -0.25) is 4.79 Å². The van der Waals surface area contributed by atoms with Gasteiger partial charge in [0.25, 0.3) is 0 Å². The number of benzene rings is 1. The van der Waals surface area contributed by atoms with E-state index in [9.17, 15) is 4.79 Å². The van der Waals surface area contributed by atoms with Crippen molar-refractivity contribution in [2.24, 2.45) is 5.10 Å². The van der Waals surface area contributed by atoms with Gasteiger partial charge in [-0.15, -0.1) is 0 Å². The number of aromatic nitrogens is 2. The third-order valence-electron chi connectivity index (χ3n) is 7.22. The maximum atomic E-state index is 12.5. The van der Waals surface area contributed by atoms with E-state index in [-0.39, 0.29) is 12.4 Å². The quantitative estimate of drug-likeness (QED) is 0.221. The minimum absolute atomic E-state index is 0.195. The largest absolute Gasteiger partial charge is 0.486 e. The van der Waals surface area contributed by atoms with E-state index in [1.165, 1.54) is 48.5 Å². The first kappa shape index (κ1) is 24.7. The lowest BCUT2D eigenvalue weighted by molar-refractivity contribution is 0.0923. The Morgan fingerprint density at radius 1 is 1.00 bits per heavy atom. The number of amides is 1. The Labute approximate surface area is 217 Å². The fourth-order valence-electron chi connectivity index (χ4n) is 5.37. The first-order chi connectivity index (χ1) is 17.9. The lowest BCUT2D eigenvalue weighted by Crippen LogP contribution is -2.17. The van der Waals surface area contributed by atoms with Gasteiger partial charge in [-0.2, -0.15) is 5.10 Å². The second kappa shape index (κ2) is 10.5. The number of rotatable bonds is 8. The van der Waals surface area contributed by atoms with Gasteiger partial charge in [-0.1, -0.05) is 12.8 Å². The molecule has 1 aliphatic carbocycles. The maximum absolute atomic E-state index is 12.5. The maximum Gasteiger partial charge on any atom is 0.307 e. The van der Waals surface area contributed by atoms with Crippen LogP contribution in [-0.2, 0) is 6.61 Å². The molecule has 192 valence electrons. The van der Waals surface area contributed by atoms with Crippen molar-refractivity contribution in [3.63, 3.8) is 0 Å². The highest BCUT2D eigenvalue weighted by atomic mass is 16.5. The molecule has 3 heterocycles. The number of hydrogen-bond acceptors (Lipinski definition) is 4. The molecule has 1 saturated carbocycles. The zero-order valence-electron chi connectivity index (χ0n) is 22.0. The molecule has 1 aromatic carbocycles. The summed E-state index contributed by atoms with van der Waals surface area (Å²) in [6, 6.07) is 18.2. The van der Waals surface area contributed by atoms with Gasteiger partial charge in [-0.05, 0) is 95.1 Å². The Hall–Kier alpha value is -4.00. The molecule has 0 bridgehead atoms. The molecule has 0 radical (unpaired) electrons. The normalized spacial score (nSPS) is 14.1. The van der Waals surface area contributed by atoms with Crippen LogP contribution in [0, 0.1) is 27.7 Å². The summed E-state index contributed by atoms with van der Waals surface area (Å²) in [7, 11) is 0. The van der Waals surface area contributed by atoms with Crippen molar-refractivity contribution >= 4 is 12.1 Å². The molecule has 0 atom stereocenters. The van der Waals surface area contributed by atoms with E-state index >= 15 is 0 Å². The molecule has 7 nitrogen and oxygen atoms in total. The van der Waals surface area contributed by atoms with E-state index in [4.69, 9.17) is 9.15 Å². The minimum atomic E-state index is -0.395. The van der Waals surface area contributed by atoms with Crippen molar-refractivity contribution in [3.05, 3.63) is 94.5 Å². The van der Waals surface area contributed by atoms with E-state index in [1.54, 1.807) is 18.3 Å². The summed E-state index contributed by atoms with van der Waals surface area (Å²) in [5.41, 5.74) is 9.47. The summed E-state index contributed by atoms with van der Waals surface area (Å²) in [5.74, 6) is 1.10. The van der Waals surface area contributed by atoms with Crippen LogP contribution in [0.4, 0.5) is 0 Å². The zero-order valence-corrected chi connectivity index (χ0v) is 22.0. The number of nitrogens with one attached hydrogen (secondary N) is 1. The molecule has 1 N–H and O–H groups in total. The molecular weight excluding hydrogens is 464 g/mol. The van der Waals surface area contributed by atoms with Gasteiger partial charge in [0.1, 0.15) is 18.1 Å². The van der Waals surface area contributed by atoms with Crippen LogP contribution in [0.5, 0.6) is 5.75 Å². The van der Waals surface area contributed by atoms with Crippen LogP contribution in [0.1, 0.15) is 76.4 Å². The third kappa shape index (κ3) is 5.26. The summed E-state index contributed by atoms with van der Waals surface area (Å²) >= 11 is 0. The Bertz CT molecular complexity index is 1400. The van der Waals surface area contributed by atoms with E-state index < -0.39 is 5.91 Å². The lowest BCUT2D eigenvalue weighted by Gasteiger charge is -2.17. The molecule has 0 spiro atoms. The van der Waals surface area contributed by atoms with Crippen LogP contribution in [0.25, 0.3) is 5.69 Å². The lowest BCUT2D eigenvalue weighted by atomic mass is 10.2. The monoisotopic (exact) mass is 498 g/mol. The van der Waals surface area contributed by atoms with Gasteiger partial charge in [-0.25, -0.2) is 5.43 Å². The van der Waals surface area contributed by atoms with Gasteiger partial charge in [0.05, 0.1) is 6.21 Å². The molecular formula is C30H34N4O3. The second-order valence-corrected chi connectivity index (χ2v) is 9.83. The smallest absolute Gasteiger partial charge is 0.307 e. The third-order valence-corrected chi connectivity index (χ3v) is 7.22. The second-order valence-electron chi connectivity index (χ2n) is 9.83. The number of hydrogen-bond donors (Lipinski definition) is 1. The van der Waals surface area contributed by atoms with Gasteiger partial charge >= 0.3 is 5.91 Å². The topological polar surface area (TPSA) is 73.7 Å². The molecule has 0 saturated heterocycles. The van der Waals surface area contributed by atoms with E-state index in [0.29, 0.717) is 11.8 Å². The van der Waals surface area contributed by atoms with Crippen LogP contribution in [0.3, 0.4) is 0 Å². The highest BCUT2D eigenvalue weighted by molar-refractivity contribution is 5.92. The van der Waals surface area contributed by atoms with E-state index in [2.05, 4.69) is 65.6 Å². The zero-order chi connectivity index (χ0) is 25.9. The van der Waals surface area contributed by atoms with Gasteiger partial charge < -0.3 is 18.3 Å². The number of nitrogens with zero attached hydrogens (tertiary/aromatic N) is 3. The molecule has 37 heavy (non-hydrogen) atoms. The summed E-state index contributed by atoms with van der Waals surface area (Å²) in [4.78, 5) is 12.5. The van der Waals surface area contributed by atoms with Crippen molar-refractivity contribution in [1.82, 2.24) is 14.6 Å². The van der Waals surface area contributed by atoms with Crippen LogP contribution < -0.4 is 10.2 Å². The van der Waals surface area contributed by atoms with Gasteiger partial charge in [0.15, 0.2) is 5.76 Å². The Balaban J connectivity index is 1.15. The van der Waals surface area contributed by atoms with Crippen LogP contribution in [0.2, 0.25) is 0 Å². The molecule has 1 fully saturated rings. The van der Waals surface area contributed by atoms with Gasteiger partial charge in [0.2, 0.25) is 0 Å². The number of carbonyl (C=O) groups is 1. The first-order valence-corrected chi connectivity index (χ1v) is 12.9. The summed E-state index contributed by atoms with van der Waals surface area (Å²) in [6.07, 6.45) is 6.74. The van der Waals surface area contributed by atoms with Crippen LogP contribution in [0.15, 0.2) is 64.1 Å². The van der Waals surface area contributed by atoms with Crippen molar-refractivity contribution in [2.45, 2.75) is 66.0 Å². The standard InChI is InChI=1S/C30H34N4O3/c1-20-9-10-21(2)33(20)26-11-13-27(14-12-26)36-19-28-15-16-29(37-28)30(35)32-31-18-24-17-22(3)34(23(24)4)25-7-5-6-8-25/h9-18,25H,5-8,19H2,1-4H3,(H,32,35). The fourth-order valence-corrected chi connectivity index (χ4v) is 5.37. The van der Waals surface area contributed by atoms with Crippen molar-refractivity contribution < 1.29 is 13.9 Å². The Morgan fingerprint density at radius 2 is 1.70 bits per heavy atom. The van der Waals surface area contributed by atoms with E-state index in [0.717, 1.165) is 17.0 Å². The van der Waals surface area contributed by atoms with Crippen molar-refractivity contribution in [1.29, 1.82) is 0 Å². The average Bonchev–Trinajstić information content (AvgIpc) is 3.68. The summed E-state index contributed by atoms with van der Waals surface area (Å²) in [5, 5.41) is 4.17. The molecule has 1 aliphatic rings. The summed E-state index contributed by atoms with van der Waals surface area (Å²) in [6.45, 7) is 8.65. The SMILES string of the molecule is Cc1ccc(C)n1-c1ccc(OCc2ccc(C(=O)NN=Cc3cc(C)n(C4CCCC4)c3C)o2)cc1. The predicted octanol–water partition coefficient (Wildman–Crippen LogP) is 6.56. The molecule has 0 aliphatic heterocycles. The van der Waals surface area contributed by atoms with E-state index in [1.807, 2.05) is 24.3 Å². The number of carbonyl (C=O) groups excluding carboxylic acids is 1. The Kier molecular flexibility index (Phi) is 7.04. The average molecular weight is 499 g/mol.